The molecule has 1 aliphatic rings. The Kier molecular flexibility index (Phi) is 5.21. The summed E-state index contributed by atoms with van der Waals surface area (Å²) in [5.41, 5.74) is 0. The van der Waals surface area contributed by atoms with Gasteiger partial charge < -0.3 is 20.1 Å². The van der Waals surface area contributed by atoms with E-state index in [0.29, 0.717) is 19.6 Å². The molecule has 0 bridgehead atoms. The molecule has 0 radical (unpaired) electrons. The summed E-state index contributed by atoms with van der Waals surface area (Å²) in [6.07, 6.45) is 1.96. The molecule has 2 amide bonds. The van der Waals surface area contributed by atoms with E-state index in [0.717, 1.165) is 12.8 Å². The summed E-state index contributed by atoms with van der Waals surface area (Å²) in [6.45, 7) is 3.03. The number of nitrogens with zero attached hydrogens (tertiary/aromatic N) is 1. The van der Waals surface area contributed by atoms with Gasteiger partial charge in [0, 0.05) is 26.3 Å². The van der Waals surface area contributed by atoms with E-state index in [1.54, 1.807) is 6.92 Å². The summed E-state index contributed by atoms with van der Waals surface area (Å²) in [5, 5.41) is 11.8. The zero-order valence-corrected chi connectivity index (χ0v) is 10.3. The second kappa shape index (κ2) is 6.44. The molecule has 0 aromatic heterocycles. The Hall–Kier alpha value is -1.30. The highest BCUT2D eigenvalue weighted by molar-refractivity contribution is 5.82. The molecule has 1 atom stereocenters. The monoisotopic (exact) mass is 244 g/mol. The number of amides is 2. The standard InChI is InChI=1S/C11H20N2O4/c1-3-9(10(14)15)13(2)11(16)12-8-4-6-17-7-5-8/h8-9H,3-7H2,1-2H3,(H,12,16)(H,14,15). The van der Waals surface area contributed by atoms with Crippen LogP contribution >= 0.6 is 0 Å². The van der Waals surface area contributed by atoms with Crippen molar-refractivity contribution in [2.24, 2.45) is 0 Å². The van der Waals surface area contributed by atoms with E-state index in [1.165, 1.54) is 11.9 Å². The number of nitrogens with one attached hydrogen (secondary N) is 1. The number of aliphatic carboxylic acids is 1. The SMILES string of the molecule is CCC(C(=O)O)N(C)C(=O)NC1CCOCC1. The number of likely N-dealkylation sites (N-methyl/N-ethyl adjacent to an activating group) is 1. The normalized spacial score (nSPS) is 18.5. The molecule has 1 rings (SSSR count). The van der Waals surface area contributed by atoms with E-state index in [-0.39, 0.29) is 12.1 Å². The van der Waals surface area contributed by atoms with Crippen LogP contribution < -0.4 is 5.32 Å². The number of carboxylic acids is 1. The fraction of sp³-hybridized carbons (Fsp3) is 0.818. The number of ether oxygens (including phenoxy) is 1. The van der Waals surface area contributed by atoms with Crippen molar-refractivity contribution in [1.29, 1.82) is 0 Å². The summed E-state index contributed by atoms with van der Waals surface area (Å²) in [5.74, 6) is -0.975. The fourth-order valence-corrected chi connectivity index (χ4v) is 1.87. The van der Waals surface area contributed by atoms with Gasteiger partial charge in [-0.05, 0) is 19.3 Å². The van der Waals surface area contributed by atoms with Gasteiger partial charge in [0.15, 0.2) is 0 Å². The highest BCUT2D eigenvalue weighted by Crippen LogP contribution is 2.08. The van der Waals surface area contributed by atoms with Crippen LogP contribution in [0.15, 0.2) is 0 Å². The van der Waals surface area contributed by atoms with E-state index in [4.69, 9.17) is 9.84 Å². The van der Waals surface area contributed by atoms with Gasteiger partial charge in [0.2, 0.25) is 0 Å². The minimum atomic E-state index is -0.975. The van der Waals surface area contributed by atoms with Crippen molar-refractivity contribution in [2.75, 3.05) is 20.3 Å². The van der Waals surface area contributed by atoms with Crippen molar-refractivity contribution >= 4 is 12.0 Å². The molecular weight excluding hydrogens is 224 g/mol. The zero-order valence-electron chi connectivity index (χ0n) is 10.3. The Labute approximate surface area is 101 Å². The van der Waals surface area contributed by atoms with Gasteiger partial charge in [0.1, 0.15) is 6.04 Å². The van der Waals surface area contributed by atoms with Gasteiger partial charge in [-0.15, -0.1) is 0 Å². The molecule has 0 saturated carbocycles. The molecule has 6 nitrogen and oxygen atoms in total. The first-order valence-electron chi connectivity index (χ1n) is 5.90. The third-order valence-corrected chi connectivity index (χ3v) is 3.01. The van der Waals surface area contributed by atoms with Crippen LogP contribution in [0.2, 0.25) is 0 Å². The predicted octanol–water partition coefficient (Wildman–Crippen LogP) is 0.670. The molecule has 17 heavy (non-hydrogen) atoms. The van der Waals surface area contributed by atoms with Crippen molar-refractivity contribution in [1.82, 2.24) is 10.2 Å². The van der Waals surface area contributed by atoms with Crippen LogP contribution in [-0.2, 0) is 9.53 Å². The van der Waals surface area contributed by atoms with Gasteiger partial charge in [-0.25, -0.2) is 9.59 Å². The maximum absolute atomic E-state index is 11.8. The third kappa shape index (κ3) is 3.89. The Morgan fingerprint density at radius 3 is 2.53 bits per heavy atom. The van der Waals surface area contributed by atoms with Crippen molar-refractivity contribution in [2.45, 2.75) is 38.3 Å². The highest BCUT2D eigenvalue weighted by atomic mass is 16.5. The second-order valence-corrected chi connectivity index (χ2v) is 4.21. The molecule has 2 N–H and O–H groups in total. The molecule has 0 spiro atoms. The van der Waals surface area contributed by atoms with Crippen molar-refractivity contribution in [3.8, 4) is 0 Å². The first-order valence-corrected chi connectivity index (χ1v) is 5.90. The van der Waals surface area contributed by atoms with Crippen LogP contribution in [0.25, 0.3) is 0 Å². The maximum atomic E-state index is 11.8. The van der Waals surface area contributed by atoms with Crippen LogP contribution in [0, 0.1) is 0 Å². The molecule has 0 aliphatic carbocycles. The number of hydrogen-bond donors (Lipinski definition) is 2. The van der Waals surface area contributed by atoms with Gasteiger partial charge >= 0.3 is 12.0 Å². The summed E-state index contributed by atoms with van der Waals surface area (Å²) in [6, 6.07) is -1.01. The average molecular weight is 244 g/mol. The molecular formula is C11H20N2O4. The lowest BCUT2D eigenvalue weighted by atomic mass is 10.1. The molecule has 1 unspecified atom stereocenters. The molecule has 1 aliphatic heterocycles. The summed E-state index contributed by atoms with van der Waals surface area (Å²) >= 11 is 0. The number of rotatable bonds is 4. The van der Waals surface area contributed by atoms with Crippen LogP contribution in [0.5, 0.6) is 0 Å². The average Bonchev–Trinajstić information content (AvgIpc) is 2.30. The van der Waals surface area contributed by atoms with Crippen molar-refractivity contribution < 1.29 is 19.4 Å². The van der Waals surface area contributed by atoms with E-state index >= 15 is 0 Å². The third-order valence-electron chi connectivity index (χ3n) is 3.01. The van der Waals surface area contributed by atoms with Gasteiger partial charge in [-0.1, -0.05) is 6.92 Å². The maximum Gasteiger partial charge on any atom is 0.326 e. The van der Waals surface area contributed by atoms with Gasteiger partial charge in [-0.2, -0.15) is 0 Å². The predicted molar refractivity (Wildman–Crippen MR) is 61.9 cm³/mol. The minimum absolute atomic E-state index is 0.0880. The summed E-state index contributed by atoms with van der Waals surface area (Å²) in [7, 11) is 1.51. The minimum Gasteiger partial charge on any atom is -0.480 e. The molecule has 1 saturated heterocycles. The van der Waals surface area contributed by atoms with Crippen LogP contribution in [0.1, 0.15) is 26.2 Å². The quantitative estimate of drug-likeness (QED) is 0.762. The van der Waals surface area contributed by atoms with Gasteiger partial charge in [-0.3, -0.25) is 0 Å². The lowest BCUT2D eigenvalue weighted by Gasteiger charge is -2.28. The van der Waals surface area contributed by atoms with E-state index in [1.807, 2.05) is 0 Å². The molecule has 0 aromatic carbocycles. The van der Waals surface area contributed by atoms with Gasteiger partial charge in [0.05, 0.1) is 0 Å². The first kappa shape index (κ1) is 13.8. The van der Waals surface area contributed by atoms with Crippen molar-refractivity contribution in [3.63, 3.8) is 0 Å². The van der Waals surface area contributed by atoms with E-state index < -0.39 is 12.0 Å². The van der Waals surface area contributed by atoms with Crippen LogP contribution in [0.3, 0.4) is 0 Å². The van der Waals surface area contributed by atoms with Crippen LogP contribution in [-0.4, -0.2) is 54.4 Å². The number of carbonyl (C=O) groups excluding carboxylic acids is 1. The molecule has 1 heterocycles. The fourth-order valence-electron chi connectivity index (χ4n) is 1.87. The summed E-state index contributed by atoms with van der Waals surface area (Å²) < 4.78 is 5.19. The second-order valence-electron chi connectivity index (χ2n) is 4.21. The van der Waals surface area contributed by atoms with Gasteiger partial charge in [0.25, 0.3) is 0 Å². The molecule has 0 aromatic rings. The number of urea groups is 1. The van der Waals surface area contributed by atoms with Crippen molar-refractivity contribution in [3.05, 3.63) is 0 Å². The lowest BCUT2D eigenvalue weighted by Crippen LogP contribution is -2.50. The number of carbonyl (C=O) groups is 2. The number of carboxylic acid groups (broad SMARTS) is 1. The molecule has 98 valence electrons. The Balaban J connectivity index is 2.47. The Morgan fingerprint density at radius 2 is 2.06 bits per heavy atom. The smallest absolute Gasteiger partial charge is 0.326 e. The Bertz CT molecular complexity index is 277. The Morgan fingerprint density at radius 1 is 1.47 bits per heavy atom. The molecule has 1 fully saturated rings. The number of hydrogen-bond acceptors (Lipinski definition) is 3. The zero-order chi connectivity index (χ0) is 12.8. The van der Waals surface area contributed by atoms with E-state index in [2.05, 4.69) is 5.32 Å². The lowest BCUT2D eigenvalue weighted by molar-refractivity contribution is -0.141. The largest absolute Gasteiger partial charge is 0.480 e. The highest BCUT2D eigenvalue weighted by Gasteiger charge is 2.26. The first-order chi connectivity index (χ1) is 8.06. The summed E-state index contributed by atoms with van der Waals surface area (Å²) in [4.78, 5) is 24.0. The molecule has 6 heteroatoms. The van der Waals surface area contributed by atoms with Crippen LogP contribution in [0.4, 0.5) is 4.79 Å². The van der Waals surface area contributed by atoms with E-state index in [9.17, 15) is 9.59 Å². The topological polar surface area (TPSA) is 78.9 Å².